The van der Waals surface area contributed by atoms with E-state index in [-0.39, 0.29) is 29.5 Å². The van der Waals surface area contributed by atoms with Gasteiger partial charge in [0.1, 0.15) is 11.6 Å². The van der Waals surface area contributed by atoms with E-state index < -0.39 is 6.04 Å². The number of benzene rings is 3. The van der Waals surface area contributed by atoms with Crippen molar-refractivity contribution in [2.24, 2.45) is 5.41 Å². The van der Waals surface area contributed by atoms with E-state index in [1.807, 2.05) is 53.4 Å². The molecule has 0 fully saturated rings. The molecule has 0 saturated heterocycles. The molecule has 1 unspecified atom stereocenters. The Hall–Kier alpha value is -4.13. The number of nitrogens with zero attached hydrogens (tertiary/aromatic N) is 1. The number of ether oxygens (including phenoxy) is 1. The van der Waals surface area contributed by atoms with E-state index in [4.69, 9.17) is 4.74 Å². The van der Waals surface area contributed by atoms with Gasteiger partial charge in [-0.05, 0) is 65.8 Å². The van der Waals surface area contributed by atoms with Crippen molar-refractivity contribution in [2.45, 2.75) is 39.2 Å². The molecule has 7 heteroatoms. The molecule has 0 saturated carbocycles. The highest BCUT2D eigenvalue weighted by Crippen LogP contribution is 2.48. The fraction of sp³-hybridized carbons (Fsp3) is 0.312. The van der Waals surface area contributed by atoms with Gasteiger partial charge in [-0.25, -0.2) is 4.39 Å². The van der Waals surface area contributed by atoms with E-state index in [0.29, 0.717) is 30.7 Å². The quantitative estimate of drug-likeness (QED) is 0.406. The van der Waals surface area contributed by atoms with E-state index in [1.54, 1.807) is 19.2 Å². The number of rotatable bonds is 7. The fourth-order valence-corrected chi connectivity index (χ4v) is 5.59. The number of halogens is 1. The molecular formula is C32H34FN3O3. The van der Waals surface area contributed by atoms with Crippen LogP contribution in [0, 0.1) is 11.2 Å². The second-order valence-electron chi connectivity index (χ2n) is 11.0. The summed E-state index contributed by atoms with van der Waals surface area (Å²) in [6.45, 7) is 4.70. The summed E-state index contributed by atoms with van der Waals surface area (Å²) < 4.78 is 18.8. The van der Waals surface area contributed by atoms with Crippen molar-refractivity contribution in [3.05, 3.63) is 101 Å². The average molecular weight is 528 g/mol. The van der Waals surface area contributed by atoms with E-state index >= 15 is 0 Å². The predicted octanol–water partition coefficient (Wildman–Crippen LogP) is 5.81. The minimum Gasteiger partial charge on any atom is -0.497 e. The van der Waals surface area contributed by atoms with Crippen molar-refractivity contribution in [1.29, 1.82) is 0 Å². The monoisotopic (exact) mass is 527 g/mol. The molecule has 3 aromatic rings. The van der Waals surface area contributed by atoms with Crippen LogP contribution >= 0.6 is 0 Å². The van der Waals surface area contributed by atoms with E-state index in [2.05, 4.69) is 24.5 Å². The fourth-order valence-electron chi connectivity index (χ4n) is 5.59. The zero-order chi connectivity index (χ0) is 27.6. The number of Topliss-reactive ketones (excluding diaryl/α,β-unsaturated/α-hetero) is 1. The van der Waals surface area contributed by atoms with Gasteiger partial charge in [0, 0.05) is 24.2 Å². The van der Waals surface area contributed by atoms with Gasteiger partial charge in [-0.15, -0.1) is 0 Å². The standard InChI is InChI=1S/C32H34FN3O3/c1-32(2)18-26-30(28(37)19-32)31(22-7-6-8-24(17-22)39-3)36(27-10-5-4-9-25(27)35-26)20-29(38)34-16-15-21-11-13-23(33)14-12-21/h4-14,17,31,35H,15-16,18-20H2,1-3H3,(H,34,38). The lowest BCUT2D eigenvalue weighted by atomic mass is 9.73. The van der Waals surface area contributed by atoms with Gasteiger partial charge in [-0.1, -0.05) is 50.2 Å². The molecule has 5 rings (SSSR count). The van der Waals surface area contributed by atoms with Gasteiger partial charge >= 0.3 is 0 Å². The van der Waals surface area contributed by atoms with Gasteiger partial charge in [0.2, 0.25) is 5.91 Å². The first-order valence-corrected chi connectivity index (χ1v) is 13.3. The lowest BCUT2D eigenvalue weighted by Crippen LogP contribution is -2.42. The molecule has 0 radical (unpaired) electrons. The molecule has 1 aliphatic heterocycles. The van der Waals surface area contributed by atoms with Crippen LogP contribution in [0.2, 0.25) is 0 Å². The summed E-state index contributed by atoms with van der Waals surface area (Å²) in [6, 6.07) is 21.4. The maximum Gasteiger partial charge on any atom is 0.239 e. The van der Waals surface area contributed by atoms with Gasteiger partial charge in [0.25, 0.3) is 0 Å². The van der Waals surface area contributed by atoms with Crippen LogP contribution < -0.4 is 20.3 Å². The highest BCUT2D eigenvalue weighted by atomic mass is 19.1. The van der Waals surface area contributed by atoms with Gasteiger partial charge in [0.15, 0.2) is 5.78 Å². The molecule has 2 aliphatic rings. The summed E-state index contributed by atoms with van der Waals surface area (Å²) in [5, 5.41) is 6.59. The number of hydrogen-bond acceptors (Lipinski definition) is 5. The number of hydrogen-bond donors (Lipinski definition) is 2. The summed E-state index contributed by atoms with van der Waals surface area (Å²) in [5.74, 6) is 0.324. The Balaban J connectivity index is 1.51. The topological polar surface area (TPSA) is 70.7 Å². The average Bonchev–Trinajstić information content (AvgIpc) is 3.03. The number of carbonyl (C=O) groups excluding carboxylic acids is 2. The highest BCUT2D eigenvalue weighted by Gasteiger charge is 2.42. The first-order chi connectivity index (χ1) is 18.7. The first kappa shape index (κ1) is 26.5. The van der Waals surface area contributed by atoms with Crippen LogP contribution in [-0.4, -0.2) is 31.9 Å². The second-order valence-corrected chi connectivity index (χ2v) is 11.0. The van der Waals surface area contributed by atoms with Crippen molar-refractivity contribution >= 4 is 23.1 Å². The maximum absolute atomic E-state index is 13.8. The van der Waals surface area contributed by atoms with Crippen LogP contribution in [0.25, 0.3) is 0 Å². The third-order valence-corrected chi connectivity index (χ3v) is 7.38. The molecule has 202 valence electrons. The SMILES string of the molecule is COc1cccc(C2C3=C(CC(C)(C)CC3=O)Nc3ccccc3N2CC(=O)NCCc2ccc(F)cc2)c1. The van der Waals surface area contributed by atoms with Gasteiger partial charge < -0.3 is 20.3 Å². The Morgan fingerprint density at radius 1 is 1.08 bits per heavy atom. The summed E-state index contributed by atoms with van der Waals surface area (Å²) >= 11 is 0. The number of methoxy groups -OCH3 is 1. The summed E-state index contributed by atoms with van der Waals surface area (Å²) in [5.41, 5.74) is 4.95. The molecule has 1 aliphatic carbocycles. The Kier molecular flexibility index (Phi) is 7.42. The van der Waals surface area contributed by atoms with E-state index in [1.165, 1.54) is 12.1 Å². The van der Waals surface area contributed by atoms with Crippen LogP contribution in [0.3, 0.4) is 0 Å². The van der Waals surface area contributed by atoms with Crippen molar-refractivity contribution in [1.82, 2.24) is 5.32 Å². The van der Waals surface area contributed by atoms with Crippen LogP contribution in [-0.2, 0) is 16.0 Å². The Labute approximate surface area is 228 Å². The Bertz CT molecular complexity index is 1410. The molecule has 0 aromatic heterocycles. The van der Waals surface area contributed by atoms with Crippen molar-refractivity contribution in [3.8, 4) is 5.75 Å². The van der Waals surface area contributed by atoms with Crippen molar-refractivity contribution in [2.75, 3.05) is 30.4 Å². The molecule has 6 nitrogen and oxygen atoms in total. The maximum atomic E-state index is 13.8. The van der Waals surface area contributed by atoms with E-state index in [9.17, 15) is 14.0 Å². The first-order valence-electron chi connectivity index (χ1n) is 13.3. The van der Waals surface area contributed by atoms with Gasteiger partial charge in [-0.2, -0.15) is 0 Å². The molecule has 2 N–H and O–H groups in total. The molecule has 1 amide bonds. The summed E-state index contributed by atoms with van der Waals surface area (Å²) in [4.78, 5) is 29.2. The second kappa shape index (κ2) is 10.9. The normalized spacial score (nSPS) is 18.0. The molecule has 1 atom stereocenters. The largest absolute Gasteiger partial charge is 0.497 e. The zero-order valence-corrected chi connectivity index (χ0v) is 22.6. The van der Waals surface area contributed by atoms with Crippen LogP contribution in [0.4, 0.5) is 15.8 Å². The molecule has 1 heterocycles. The Morgan fingerprint density at radius 3 is 2.62 bits per heavy atom. The minimum atomic E-state index is -0.474. The smallest absolute Gasteiger partial charge is 0.239 e. The number of carbonyl (C=O) groups is 2. The van der Waals surface area contributed by atoms with Crippen LogP contribution in [0.15, 0.2) is 84.1 Å². The molecule has 0 spiro atoms. The zero-order valence-electron chi connectivity index (χ0n) is 22.6. The molecule has 39 heavy (non-hydrogen) atoms. The summed E-state index contributed by atoms with van der Waals surface area (Å²) in [7, 11) is 1.62. The highest BCUT2D eigenvalue weighted by molar-refractivity contribution is 6.01. The van der Waals surface area contributed by atoms with Crippen molar-refractivity contribution in [3.63, 3.8) is 0 Å². The number of allylic oxidation sites excluding steroid dienone is 1. The minimum absolute atomic E-state index is 0.0530. The number of anilines is 2. The van der Waals surface area contributed by atoms with E-state index in [0.717, 1.165) is 34.6 Å². The number of amides is 1. The lowest BCUT2D eigenvalue weighted by Gasteiger charge is -2.38. The number of nitrogens with one attached hydrogen (secondary N) is 2. The Morgan fingerprint density at radius 2 is 1.85 bits per heavy atom. The molecule has 3 aromatic carbocycles. The third-order valence-electron chi connectivity index (χ3n) is 7.38. The lowest BCUT2D eigenvalue weighted by molar-refractivity contribution is -0.120. The number of ketones is 1. The molecule has 0 bridgehead atoms. The predicted molar refractivity (Wildman–Crippen MR) is 151 cm³/mol. The van der Waals surface area contributed by atoms with Crippen molar-refractivity contribution < 1.29 is 18.7 Å². The number of para-hydroxylation sites is 2. The molecular weight excluding hydrogens is 493 g/mol. The van der Waals surface area contributed by atoms with Gasteiger partial charge in [-0.3, -0.25) is 9.59 Å². The van der Waals surface area contributed by atoms with Crippen LogP contribution in [0.5, 0.6) is 5.75 Å². The van der Waals surface area contributed by atoms with Crippen LogP contribution in [0.1, 0.15) is 43.9 Å². The number of fused-ring (bicyclic) bond motifs is 1. The third kappa shape index (κ3) is 5.82. The van der Waals surface area contributed by atoms with Gasteiger partial charge in [0.05, 0.1) is 31.1 Å². The summed E-state index contributed by atoms with van der Waals surface area (Å²) in [6.07, 6.45) is 1.75.